The lowest BCUT2D eigenvalue weighted by Crippen LogP contribution is -2.40. The summed E-state index contributed by atoms with van der Waals surface area (Å²) in [5.74, 6) is -2.23. The normalized spacial score (nSPS) is 21.6. The smallest absolute Gasteiger partial charge is 0.278 e. The van der Waals surface area contributed by atoms with Crippen LogP contribution in [-0.4, -0.2) is 57.2 Å². The van der Waals surface area contributed by atoms with Gasteiger partial charge in [-0.3, -0.25) is 14.4 Å². The lowest BCUT2D eigenvalue weighted by atomic mass is 9.84. The first-order valence-corrected chi connectivity index (χ1v) is 12.6. The lowest BCUT2D eigenvalue weighted by Gasteiger charge is -2.32. The van der Waals surface area contributed by atoms with Gasteiger partial charge in [0.25, 0.3) is 11.1 Å². The fraction of sp³-hybridized carbons (Fsp3) is 0.682. The number of halogens is 3. The maximum atomic E-state index is 13.0. The molecule has 4 rings (SSSR count). The molecule has 0 radical (unpaired) electrons. The number of carbonyl (C=O) groups excluding carboxylic acids is 1. The monoisotopic (exact) mass is 501 g/mol. The fourth-order valence-electron chi connectivity index (χ4n) is 4.48. The Balaban J connectivity index is 1.15. The molecule has 0 aromatic carbocycles. The molecule has 0 spiro atoms. The van der Waals surface area contributed by atoms with Gasteiger partial charge in [-0.15, -0.1) is 0 Å². The average molecular weight is 502 g/mol. The first-order valence-electron chi connectivity index (χ1n) is 11.4. The minimum atomic E-state index is -2.85. The Kier molecular flexibility index (Phi) is 7.86. The van der Waals surface area contributed by atoms with Crippen LogP contribution in [-0.2, 0) is 24.3 Å². The van der Waals surface area contributed by atoms with Crippen LogP contribution in [0, 0.1) is 5.92 Å². The van der Waals surface area contributed by atoms with Crippen LogP contribution in [0.25, 0.3) is 0 Å². The number of amides is 1. The highest BCUT2D eigenvalue weighted by Crippen LogP contribution is 2.32. The Bertz CT molecular complexity index is 940. The highest BCUT2D eigenvalue weighted by atomic mass is 35.5. The van der Waals surface area contributed by atoms with Crippen LogP contribution in [0.15, 0.2) is 12.4 Å². The molecule has 0 atom stereocenters. The molecule has 0 unspecified atom stereocenters. The molecule has 1 aliphatic heterocycles. The van der Waals surface area contributed by atoms with Crippen molar-refractivity contribution in [2.45, 2.75) is 70.5 Å². The SMILES string of the molecule is CC(F)(F)COc1nc2c(s1)CCN(CC[C@H]1CC[C@H](NC(=O)Cn3cc(Cl)cn3)CC1)C2. The van der Waals surface area contributed by atoms with Gasteiger partial charge in [-0.1, -0.05) is 22.9 Å². The number of carbonyl (C=O) groups is 1. The van der Waals surface area contributed by atoms with E-state index >= 15 is 0 Å². The van der Waals surface area contributed by atoms with Gasteiger partial charge in [0.2, 0.25) is 5.91 Å². The molecule has 1 amide bonds. The number of fused-ring (bicyclic) bond motifs is 1. The zero-order valence-corrected chi connectivity index (χ0v) is 20.3. The molecule has 182 valence electrons. The number of alkyl halides is 2. The maximum absolute atomic E-state index is 13.0. The standard InChI is InChI=1S/C22H30ClF2N5O2S/c1-22(24,25)14-32-21-28-18-12-29(9-7-19(18)33-21)8-6-15-2-4-17(5-3-15)27-20(31)13-30-11-16(23)10-26-30/h10-11,15,17H,2-9,12-14H2,1H3,(H,27,31)/t15-,17-. The molecule has 2 aromatic rings. The topological polar surface area (TPSA) is 72.3 Å². The number of ether oxygens (including phenoxy) is 1. The van der Waals surface area contributed by atoms with Crippen molar-refractivity contribution in [3.8, 4) is 5.19 Å². The number of nitrogens with zero attached hydrogens (tertiary/aromatic N) is 4. The van der Waals surface area contributed by atoms with Crippen LogP contribution in [0.2, 0.25) is 5.02 Å². The zero-order valence-electron chi connectivity index (χ0n) is 18.7. The van der Waals surface area contributed by atoms with Crippen LogP contribution >= 0.6 is 22.9 Å². The maximum Gasteiger partial charge on any atom is 0.278 e. The van der Waals surface area contributed by atoms with Gasteiger partial charge in [-0.2, -0.15) is 5.10 Å². The van der Waals surface area contributed by atoms with Crippen LogP contribution in [0.1, 0.15) is 49.6 Å². The molecule has 3 heterocycles. The van der Waals surface area contributed by atoms with Crippen LogP contribution in [0.3, 0.4) is 0 Å². The molecule has 1 N–H and O–H groups in total. The van der Waals surface area contributed by atoms with Crippen molar-refractivity contribution in [2.75, 3.05) is 19.7 Å². The Labute approximate surface area is 201 Å². The Hall–Kier alpha value is -1.78. The van der Waals surface area contributed by atoms with Crippen molar-refractivity contribution in [3.63, 3.8) is 0 Å². The first kappa shape index (κ1) is 24.3. The second kappa shape index (κ2) is 10.7. The Morgan fingerprint density at radius 1 is 1.36 bits per heavy atom. The largest absolute Gasteiger partial charge is 0.464 e. The highest BCUT2D eigenvalue weighted by molar-refractivity contribution is 7.13. The molecule has 2 aliphatic rings. The third-order valence-electron chi connectivity index (χ3n) is 6.21. The minimum absolute atomic E-state index is 0.0309. The highest BCUT2D eigenvalue weighted by Gasteiger charge is 2.27. The molecule has 2 aromatic heterocycles. The molecule has 11 heteroatoms. The average Bonchev–Trinajstić information content (AvgIpc) is 3.36. The van der Waals surface area contributed by atoms with Crippen LogP contribution in [0.4, 0.5) is 8.78 Å². The second-order valence-electron chi connectivity index (χ2n) is 9.16. The van der Waals surface area contributed by atoms with Crippen molar-refractivity contribution in [1.82, 2.24) is 25.0 Å². The number of rotatable bonds is 9. The van der Waals surface area contributed by atoms with Gasteiger partial charge in [0.1, 0.15) is 6.54 Å². The van der Waals surface area contributed by atoms with Gasteiger partial charge in [-0.05, 0) is 51.0 Å². The van der Waals surface area contributed by atoms with Gasteiger partial charge >= 0.3 is 0 Å². The Morgan fingerprint density at radius 3 is 2.85 bits per heavy atom. The molecule has 0 saturated heterocycles. The quantitative estimate of drug-likeness (QED) is 0.559. The minimum Gasteiger partial charge on any atom is -0.464 e. The summed E-state index contributed by atoms with van der Waals surface area (Å²) in [5.41, 5.74) is 0.963. The van der Waals surface area contributed by atoms with E-state index < -0.39 is 12.5 Å². The Morgan fingerprint density at radius 2 is 2.15 bits per heavy atom. The van der Waals surface area contributed by atoms with E-state index in [9.17, 15) is 13.6 Å². The summed E-state index contributed by atoms with van der Waals surface area (Å²) in [6.07, 6.45) is 9.39. The molecule has 0 bridgehead atoms. The molecule has 1 aliphatic carbocycles. The summed E-state index contributed by atoms with van der Waals surface area (Å²) in [7, 11) is 0. The summed E-state index contributed by atoms with van der Waals surface area (Å²) < 4.78 is 32.8. The van der Waals surface area contributed by atoms with Crippen molar-refractivity contribution >= 4 is 28.8 Å². The molecule has 1 saturated carbocycles. The first-order chi connectivity index (χ1) is 15.7. The van der Waals surface area contributed by atoms with E-state index in [1.807, 2.05) is 0 Å². The van der Waals surface area contributed by atoms with E-state index in [0.717, 1.165) is 75.7 Å². The number of aromatic nitrogens is 3. The third kappa shape index (κ3) is 7.35. The fourth-order valence-corrected chi connectivity index (χ4v) is 5.54. The lowest BCUT2D eigenvalue weighted by molar-refractivity contribution is -0.122. The van der Waals surface area contributed by atoms with Gasteiger partial charge in [-0.25, -0.2) is 13.8 Å². The number of hydrogen-bond donors (Lipinski definition) is 1. The molecular weight excluding hydrogens is 472 g/mol. The molecule has 7 nitrogen and oxygen atoms in total. The summed E-state index contributed by atoms with van der Waals surface area (Å²) in [6.45, 7) is 3.11. The molecule has 33 heavy (non-hydrogen) atoms. The number of nitrogens with one attached hydrogen (secondary N) is 1. The van der Waals surface area contributed by atoms with Crippen molar-refractivity contribution in [2.24, 2.45) is 5.92 Å². The van der Waals surface area contributed by atoms with Crippen molar-refractivity contribution in [3.05, 3.63) is 28.0 Å². The third-order valence-corrected chi connectivity index (χ3v) is 7.47. The van der Waals surface area contributed by atoms with Gasteiger partial charge in [0.05, 0.1) is 16.9 Å². The summed E-state index contributed by atoms with van der Waals surface area (Å²) in [4.78, 5) is 20.2. The molecule has 1 fully saturated rings. The van der Waals surface area contributed by atoms with E-state index in [-0.39, 0.29) is 18.5 Å². The van der Waals surface area contributed by atoms with Crippen molar-refractivity contribution < 1.29 is 18.3 Å². The predicted octanol–water partition coefficient (Wildman–Crippen LogP) is 4.15. The van der Waals surface area contributed by atoms with E-state index in [4.69, 9.17) is 16.3 Å². The van der Waals surface area contributed by atoms with E-state index in [2.05, 4.69) is 20.3 Å². The van der Waals surface area contributed by atoms with E-state index in [1.165, 1.54) is 17.5 Å². The van der Waals surface area contributed by atoms with Gasteiger partial charge < -0.3 is 10.1 Å². The number of thiazole rings is 1. The summed E-state index contributed by atoms with van der Waals surface area (Å²) in [5, 5.41) is 8.03. The van der Waals surface area contributed by atoms with Crippen molar-refractivity contribution in [1.29, 1.82) is 0 Å². The number of hydrogen-bond acceptors (Lipinski definition) is 6. The zero-order chi connectivity index (χ0) is 23.4. The second-order valence-corrected chi connectivity index (χ2v) is 10.6. The predicted molar refractivity (Wildman–Crippen MR) is 123 cm³/mol. The molecular formula is C22H30ClF2N5O2S. The van der Waals surface area contributed by atoms with Gasteiger partial charge in [0.15, 0.2) is 6.61 Å². The van der Waals surface area contributed by atoms with Crippen LogP contribution < -0.4 is 10.1 Å². The summed E-state index contributed by atoms with van der Waals surface area (Å²) >= 11 is 7.23. The summed E-state index contributed by atoms with van der Waals surface area (Å²) in [6, 6.07) is 0.223. The van der Waals surface area contributed by atoms with E-state index in [1.54, 1.807) is 10.9 Å². The van der Waals surface area contributed by atoms with Crippen LogP contribution in [0.5, 0.6) is 5.19 Å². The van der Waals surface area contributed by atoms with E-state index in [0.29, 0.717) is 16.1 Å². The van der Waals surface area contributed by atoms with Gasteiger partial charge in [0, 0.05) is 37.1 Å².